The molecule has 7 nitrogen and oxygen atoms in total. The maximum atomic E-state index is 12.1. The molecule has 0 bridgehead atoms. The summed E-state index contributed by atoms with van der Waals surface area (Å²) in [6.07, 6.45) is 0. The Hall–Kier alpha value is -0.130. The van der Waals surface area contributed by atoms with E-state index in [9.17, 15) is 8.42 Å². The van der Waals surface area contributed by atoms with Crippen molar-refractivity contribution in [2.75, 3.05) is 58.9 Å². The molecule has 1 aliphatic heterocycles. The van der Waals surface area contributed by atoms with Crippen LogP contribution in [-0.4, -0.2) is 82.9 Å². The maximum absolute atomic E-state index is 12.1. The van der Waals surface area contributed by atoms with E-state index in [1.165, 1.54) is 0 Å². The van der Waals surface area contributed by atoms with Gasteiger partial charge >= 0.3 is 0 Å². The van der Waals surface area contributed by atoms with Gasteiger partial charge in [-0.1, -0.05) is 0 Å². The van der Waals surface area contributed by atoms with Gasteiger partial charge in [0.05, 0.1) is 36.9 Å². The highest BCUT2D eigenvalue weighted by Gasteiger charge is 2.40. The van der Waals surface area contributed by atoms with Crippen molar-refractivity contribution < 1.29 is 17.9 Å². The van der Waals surface area contributed by atoms with Gasteiger partial charge in [0.2, 0.25) is 0 Å². The van der Waals surface area contributed by atoms with Gasteiger partial charge in [-0.05, 0) is 20.8 Å². The molecule has 0 aromatic rings. The zero-order chi connectivity index (χ0) is 16.6. The third-order valence-electron chi connectivity index (χ3n) is 3.61. The van der Waals surface area contributed by atoms with E-state index < -0.39 is 14.6 Å². The normalized spacial score (nSPS) is 20.0. The number of sulfone groups is 1. The third kappa shape index (κ3) is 7.10. The molecule has 0 radical (unpaired) electrons. The predicted octanol–water partition coefficient (Wildman–Crippen LogP) is 0.742. The Morgan fingerprint density at radius 2 is 2.00 bits per heavy atom. The minimum absolute atomic E-state index is 0. The number of nitrogens with zero attached hydrogens (tertiary/aromatic N) is 2. The van der Waals surface area contributed by atoms with Crippen LogP contribution in [0.15, 0.2) is 4.99 Å². The molecule has 9 heteroatoms. The quantitative estimate of drug-likeness (QED) is 0.260. The first-order valence-corrected chi connectivity index (χ1v) is 9.31. The van der Waals surface area contributed by atoms with Gasteiger partial charge in [-0.15, -0.1) is 24.0 Å². The molecule has 1 rings (SSSR count). The maximum Gasteiger partial charge on any atom is 0.194 e. The molecule has 0 amide bonds. The van der Waals surface area contributed by atoms with Gasteiger partial charge in [0.25, 0.3) is 0 Å². The Labute approximate surface area is 157 Å². The van der Waals surface area contributed by atoms with Crippen LogP contribution in [0.4, 0.5) is 0 Å². The Morgan fingerprint density at radius 3 is 2.57 bits per heavy atom. The highest BCUT2D eigenvalue weighted by atomic mass is 127. The van der Waals surface area contributed by atoms with Crippen molar-refractivity contribution in [1.82, 2.24) is 10.2 Å². The number of ether oxygens (including phenoxy) is 2. The Morgan fingerprint density at radius 1 is 1.30 bits per heavy atom. The number of hydrogen-bond acceptors (Lipinski definition) is 5. The van der Waals surface area contributed by atoms with Crippen LogP contribution in [0.1, 0.15) is 20.8 Å². The molecule has 0 atom stereocenters. The Kier molecular flexibility index (Phi) is 10.6. The number of hydrogen-bond donors (Lipinski definition) is 1. The van der Waals surface area contributed by atoms with E-state index in [0.717, 1.165) is 12.5 Å². The summed E-state index contributed by atoms with van der Waals surface area (Å²) in [5.74, 6) is 0.912. The summed E-state index contributed by atoms with van der Waals surface area (Å²) in [5.41, 5.74) is 0. The smallest absolute Gasteiger partial charge is 0.194 e. The summed E-state index contributed by atoms with van der Waals surface area (Å²) in [5, 5.41) is 3.22. The minimum atomic E-state index is -3.04. The molecular weight excluding hydrogens is 433 g/mol. The van der Waals surface area contributed by atoms with E-state index in [1.54, 1.807) is 21.0 Å². The lowest BCUT2D eigenvalue weighted by molar-refractivity contribution is 0.0747. The lowest BCUT2D eigenvalue weighted by atomic mass is 10.2. The van der Waals surface area contributed by atoms with Gasteiger partial charge in [-0.25, -0.2) is 8.42 Å². The van der Waals surface area contributed by atoms with Crippen molar-refractivity contribution in [1.29, 1.82) is 0 Å². The van der Waals surface area contributed by atoms with Crippen molar-refractivity contribution >= 4 is 39.8 Å². The molecule has 1 N–H and O–H groups in total. The summed E-state index contributed by atoms with van der Waals surface area (Å²) in [7, 11) is -1.40. The van der Waals surface area contributed by atoms with Crippen molar-refractivity contribution in [3.8, 4) is 0 Å². The summed E-state index contributed by atoms with van der Waals surface area (Å²) in [4.78, 5) is 6.53. The SMILES string of the molecule is CCNC(=NCCOCCOC)N1CCS(=O)(=O)C(C)(C)C1.I. The standard InChI is InChI=1S/C14H29N3O4S.HI/c1-5-15-13(16-6-8-21-10-9-20-4)17-7-11-22(18,19)14(2,3)12-17;/h5-12H2,1-4H3,(H,15,16);1H. The van der Waals surface area contributed by atoms with Crippen molar-refractivity contribution in [2.24, 2.45) is 4.99 Å². The summed E-state index contributed by atoms with van der Waals surface area (Å²) < 4.78 is 33.7. The average Bonchev–Trinajstić information content (AvgIpc) is 2.44. The molecule has 1 aliphatic rings. The molecule has 0 saturated carbocycles. The Balaban J connectivity index is 0.00000484. The fourth-order valence-electron chi connectivity index (χ4n) is 2.21. The minimum Gasteiger partial charge on any atom is -0.382 e. The molecule has 138 valence electrons. The first-order chi connectivity index (χ1) is 10.3. The molecule has 23 heavy (non-hydrogen) atoms. The molecule has 1 saturated heterocycles. The fourth-order valence-corrected chi connectivity index (χ4v) is 3.58. The predicted molar refractivity (Wildman–Crippen MR) is 104 cm³/mol. The van der Waals surface area contributed by atoms with Crippen molar-refractivity contribution in [2.45, 2.75) is 25.5 Å². The van der Waals surface area contributed by atoms with E-state index in [-0.39, 0.29) is 29.7 Å². The van der Waals surface area contributed by atoms with E-state index in [2.05, 4.69) is 10.3 Å². The van der Waals surface area contributed by atoms with E-state index in [0.29, 0.717) is 39.5 Å². The van der Waals surface area contributed by atoms with Gasteiger partial charge in [0, 0.05) is 26.7 Å². The van der Waals surface area contributed by atoms with Crippen LogP contribution in [0.5, 0.6) is 0 Å². The number of rotatable bonds is 7. The number of methoxy groups -OCH3 is 1. The molecule has 0 unspecified atom stereocenters. The number of halogens is 1. The van der Waals surface area contributed by atoms with E-state index in [4.69, 9.17) is 9.47 Å². The fraction of sp³-hybridized carbons (Fsp3) is 0.929. The van der Waals surface area contributed by atoms with Crippen LogP contribution in [0.25, 0.3) is 0 Å². The highest BCUT2D eigenvalue weighted by molar-refractivity contribution is 14.0. The molecule has 0 aromatic heterocycles. The molecule has 1 fully saturated rings. The highest BCUT2D eigenvalue weighted by Crippen LogP contribution is 2.23. The van der Waals surface area contributed by atoms with Gasteiger partial charge < -0.3 is 19.7 Å². The van der Waals surface area contributed by atoms with Crippen molar-refractivity contribution in [3.63, 3.8) is 0 Å². The topological polar surface area (TPSA) is 80.2 Å². The second-order valence-electron chi connectivity index (χ2n) is 5.84. The summed E-state index contributed by atoms with van der Waals surface area (Å²) in [6, 6.07) is 0. The lowest BCUT2D eigenvalue weighted by Crippen LogP contribution is -2.57. The van der Waals surface area contributed by atoms with E-state index in [1.807, 2.05) is 11.8 Å². The monoisotopic (exact) mass is 463 g/mol. The molecular formula is C14H30IN3O4S. The van der Waals surface area contributed by atoms with Crippen LogP contribution in [0, 0.1) is 0 Å². The van der Waals surface area contributed by atoms with E-state index >= 15 is 0 Å². The van der Waals surface area contributed by atoms with Gasteiger partial charge in [-0.2, -0.15) is 0 Å². The summed E-state index contributed by atoms with van der Waals surface area (Å²) >= 11 is 0. The number of nitrogens with one attached hydrogen (secondary N) is 1. The second-order valence-corrected chi connectivity index (χ2v) is 8.58. The second kappa shape index (κ2) is 10.7. The average molecular weight is 463 g/mol. The third-order valence-corrected chi connectivity index (χ3v) is 6.14. The van der Waals surface area contributed by atoms with Crippen LogP contribution in [-0.2, 0) is 19.3 Å². The molecule has 1 heterocycles. The molecule has 0 aliphatic carbocycles. The molecule has 0 aromatic carbocycles. The Bertz CT molecular complexity index is 469. The molecule has 0 spiro atoms. The summed E-state index contributed by atoms with van der Waals surface area (Å²) in [6.45, 7) is 9.39. The van der Waals surface area contributed by atoms with Crippen molar-refractivity contribution in [3.05, 3.63) is 0 Å². The van der Waals surface area contributed by atoms with Crippen LogP contribution >= 0.6 is 24.0 Å². The van der Waals surface area contributed by atoms with Crippen LogP contribution < -0.4 is 5.32 Å². The zero-order valence-corrected chi connectivity index (χ0v) is 17.6. The number of aliphatic imine (C=N–C) groups is 1. The first kappa shape index (κ1) is 22.9. The first-order valence-electron chi connectivity index (χ1n) is 7.66. The largest absolute Gasteiger partial charge is 0.382 e. The van der Waals surface area contributed by atoms with Gasteiger partial charge in [-0.3, -0.25) is 4.99 Å². The van der Waals surface area contributed by atoms with Gasteiger partial charge in [0.1, 0.15) is 0 Å². The lowest BCUT2D eigenvalue weighted by Gasteiger charge is -2.39. The van der Waals surface area contributed by atoms with Crippen LogP contribution in [0.3, 0.4) is 0 Å². The van der Waals surface area contributed by atoms with Crippen LogP contribution in [0.2, 0.25) is 0 Å². The number of guanidine groups is 1. The van der Waals surface area contributed by atoms with Gasteiger partial charge in [0.15, 0.2) is 15.8 Å². The zero-order valence-electron chi connectivity index (χ0n) is 14.5.